The first kappa shape index (κ1) is 14.1. The predicted octanol–water partition coefficient (Wildman–Crippen LogP) is 3.11. The molecule has 0 aliphatic heterocycles. The van der Waals surface area contributed by atoms with Crippen molar-refractivity contribution in [1.82, 2.24) is 10.3 Å². The second-order valence-electron chi connectivity index (χ2n) is 5.05. The molecule has 0 saturated carbocycles. The van der Waals surface area contributed by atoms with Gasteiger partial charge in [0.05, 0.1) is 7.11 Å². The zero-order valence-electron chi connectivity index (χ0n) is 12.0. The van der Waals surface area contributed by atoms with Crippen LogP contribution in [0.15, 0.2) is 30.0 Å². The number of pyridine rings is 1. The molecule has 104 valence electrons. The number of likely N-dealkylation sites (N-methyl/N-ethyl adjacent to an activating group) is 1. The van der Waals surface area contributed by atoms with Gasteiger partial charge >= 0.3 is 0 Å². The van der Waals surface area contributed by atoms with Crippen LogP contribution in [0.25, 0.3) is 0 Å². The fourth-order valence-corrected chi connectivity index (χ4v) is 2.65. The van der Waals surface area contributed by atoms with Gasteiger partial charge in [-0.15, -0.1) is 0 Å². The van der Waals surface area contributed by atoms with Crippen molar-refractivity contribution in [3.05, 3.63) is 35.5 Å². The molecule has 0 fully saturated rings. The van der Waals surface area contributed by atoms with Crippen LogP contribution >= 0.6 is 0 Å². The molecule has 2 rings (SSSR count). The molecule has 0 aromatic carbocycles. The fourth-order valence-electron chi connectivity index (χ4n) is 2.65. The zero-order chi connectivity index (χ0) is 13.5. The van der Waals surface area contributed by atoms with Gasteiger partial charge in [-0.3, -0.25) is 0 Å². The van der Waals surface area contributed by atoms with Crippen molar-refractivity contribution >= 4 is 0 Å². The molecule has 1 aromatic rings. The number of aromatic nitrogens is 1. The van der Waals surface area contributed by atoms with Crippen LogP contribution in [0.2, 0.25) is 0 Å². The Morgan fingerprint density at radius 2 is 2.26 bits per heavy atom. The molecule has 0 bridgehead atoms. The summed E-state index contributed by atoms with van der Waals surface area (Å²) in [6.07, 6.45) is 10.5. The lowest BCUT2D eigenvalue weighted by Gasteiger charge is -2.24. The average molecular weight is 260 g/mol. The Bertz CT molecular complexity index is 411. The van der Waals surface area contributed by atoms with Gasteiger partial charge in [-0.1, -0.05) is 24.6 Å². The first-order valence-corrected chi connectivity index (χ1v) is 7.24. The third-order valence-corrected chi connectivity index (χ3v) is 3.67. The molecule has 1 N–H and O–H groups in total. The van der Waals surface area contributed by atoms with E-state index < -0.39 is 0 Å². The van der Waals surface area contributed by atoms with Crippen LogP contribution in [-0.4, -0.2) is 24.7 Å². The molecule has 1 unspecified atom stereocenters. The summed E-state index contributed by atoms with van der Waals surface area (Å²) in [4.78, 5) is 4.29. The van der Waals surface area contributed by atoms with Gasteiger partial charge < -0.3 is 10.1 Å². The van der Waals surface area contributed by atoms with Gasteiger partial charge in [-0.05, 0) is 44.2 Å². The maximum atomic E-state index is 5.10. The number of nitrogens with zero attached hydrogens (tertiary/aromatic N) is 1. The van der Waals surface area contributed by atoms with Crippen LogP contribution in [-0.2, 0) is 6.42 Å². The monoisotopic (exact) mass is 260 g/mol. The summed E-state index contributed by atoms with van der Waals surface area (Å²) in [5.41, 5.74) is 2.84. The van der Waals surface area contributed by atoms with Gasteiger partial charge in [0.1, 0.15) is 0 Å². The van der Waals surface area contributed by atoms with Crippen molar-refractivity contribution in [2.45, 2.75) is 45.1 Å². The van der Waals surface area contributed by atoms with E-state index in [0.29, 0.717) is 11.9 Å². The molecular formula is C16H24N2O. The summed E-state index contributed by atoms with van der Waals surface area (Å²) in [6, 6.07) is 4.51. The summed E-state index contributed by atoms with van der Waals surface area (Å²) >= 11 is 0. The first-order valence-electron chi connectivity index (χ1n) is 7.24. The molecule has 1 aliphatic carbocycles. The highest BCUT2D eigenvalue weighted by Gasteiger charge is 2.16. The second kappa shape index (κ2) is 7.29. The Labute approximate surface area is 116 Å². The van der Waals surface area contributed by atoms with E-state index in [-0.39, 0.29) is 0 Å². The minimum Gasteiger partial charge on any atom is -0.481 e. The molecule has 0 radical (unpaired) electrons. The highest BCUT2D eigenvalue weighted by Crippen LogP contribution is 2.22. The van der Waals surface area contributed by atoms with E-state index in [0.717, 1.165) is 13.0 Å². The maximum Gasteiger partial charge on any atom is 0.212 e. The lowest BCUT2D eigenvalue weighted by molar-refractivity contribution is 0.397. The second-order valence-corrected chi connectivity index (χ2v) is 5.05. The standard InChI is InChI=1S/C16H24N2O/c1-3-17-15(14-7-5-4-6-8-14)11-13-9-10-16(19-2)18-12-13/h7,9-10,12,15,17H,3-6,8,11H2,1-2H3. The Balaban J connectivity index is 2.04. The van der Waals surface area contributed by atoms with Crippen molar-refractivity contribution in [1.29, 1.82) is 0 Å². The normalized spacial score (nSPS) is 16.8. The van der Waals surface area contributed by atoms with Crippen molar-refractivity contribution in [3.63, 3.8) is 0 Å². The zero-order valence-corrected chi connectivity index (χ0v) is 12.0. The summed E-state index contributed by atoms with van der Waals surface area (Å²) in [6.45, 7) is 3.17. The van der Waals surface area contributed by atoms with Crippen molar-refractivity contribution < 1.29 is 4.74 Å². The average Bonchev–Trinajstić information content (AvgIpc) is 2.48. The highest BCUT2D eigenvalue weighted by molar-refractivity contribution is 5.23. The minimum absolute atomic E-state index is 0.459. The molecule has 0 amide bonds. The van der Waals surface area contributed by atoms with E-state index in [2.05, 4.69) is 29.4 Å². The number of ether oxygens (including phenoxy) is 1. The minimum atomic E-state index is 0.459. The van der Waals surface area contributed by atoms with E-state index in [4.69, 9.17) is 4.74 Å². The van der Waals surface area contributed by atoms with E-state index in [1.54, 1.807) is 12.7 Å². The smallest absolute Gasteiger partial charge is 0.212 e. The Kier molecular flexibility index (Phi) is 5.40. The molecule has 1 atom stereocenters. The van der Waals surface area contributed by atoms with Gasteiger partial charge in [0.25, 0.3) is 0 Å². The van der Waals surface area contributed by atoms with Gasteiger partial charge in [0, 0.05) is 18.3 Å². The molecule has 1 aromatic heterocycles. The van der Waals surface area contributed by atoms with E-state index >= 15 is 0 Å². The Morgan fingerprint density at radius 1 is 1.37 bits per heavy atom. The first-order chi connectivity index (χ1) is 9.33. The molecule has 1 heterocycles. The maximum absolute atomic E-state index is 5.10. The number of nitrogens with one attached hydrogen (secondary N) is 1. The Morgan fingerprint density at radius 3 is 2.84 bits per heavy atom. The van der Waals surface area contributed by atoms with E-state index in [1.165, 1.54) is 31.2 Å². The molecule has 0 spiro atoms. The van der Waals surface area contributed by atoms with Gasteiger partial charge in [0.2, 0.25) is 5.88 Å². The number of hydrogen-bond acceptors (Lipinski definition) is 3. The molecule has 1 aliphatic rings. The van der Waals surface area contributed by atoms with Crippen LogP contribution in [0.5, 0.6) is 5.88 Å². The lowest BCUT2D eigenvalue weighted by atomic mass is 9.90. The van der Waals surface area contributed by atoms with Gasteiger partial charge in [-0.2, -0.15) is 0 Å². The molecular weight excluding hydrogens is 236 g/mol. The van der Waals surface area contributed by atoms with E-state index in [1.807, 2.05) is 12.3 Å². The predicted molar refractivity (Wildman–Crippen MR) is 78.5 cm³/mol. The number of hydrogen-bond donors (Lipinski definition) is 1. The fraction of sp³-hybridized carbons (Fsp3) is 0.562. The highest BCUT2D eigenvalue weighted by atomic mass is 16.5. The summed E-state index contributed by atoms with van der Waals surface area (Å²) in [5, 5.41) is 3.60. The van der Waals surface area contributed by atoms with Crippen LogP contribution in [0.4, 0.5) is 0 Å². The molecule has 3 heteroatoms. The summed E-state index contributed by atoms with van der Waals surface area (Å²) < 4.78 is 5.10. The lowest BCUT2D eigenvalue weighted by Crippen LogP contribution is -2.33. The van der Waals surface area contributed by atoms with Crippen LogP contribution < -0.4 is 10.1 Å². The third kappa shape index (κ3) is 4.06. The number of methoxy groups -OCH3 is 1. The van der Waals surface area contributed by atoms with Crippen LogP contribution in [0.3, 0.4) is 0 Å². The van der Waals surface area contributed by atoms with Crippen LogP contribution in [0, 0.1) is 0 Å². The van der Waals surface area contributed by atoms with E-state index in [9.17, 15) is 0 Å². The third-order valence-electron chi connectivity index (χ3n) is 3.67. The molecule has 0 saturated heterocycles. The van der Waals surface area contributed by atoms with Crippen molar-refractivity contribution in [2.24, 2.45) is 0 Å². The van der Waals surface area contributed by atoms with Gasteiger partial charge in [0.15, 0.2) is 0 Å². The molecule has 19 heavy (non-hydrogen) atoms. The van der Waals surface area contributed by atoms with Crippen molar-refractivity contribution in [2.75, 3.05) is 13.7 Å². The summed E-state index contributed by atoms with van der Waals surface area (Å²) in [7, 11) is 1.65. The van der Waals surface area contributed by atoms with Gasteiger partial charge in [-0.25, -0.2) is 4.98 Å². The van der Waals surface area contributed by atoms with Crippen molar-refractivity contribution in [3.8, 4) is 5.88 Å². The number of rotatable bonds is 6. The molecule has 3 nitrogen and oxygen atoms in total. The SMILES string of the molecule is CCNC(Cc1ccc(OC)nc1)C1=CCCCC1. The quantitative estimate of drug-likeness (QED) is 0.798. The Hall–Kier alpha value is -1.35. The topological polar surface area (TPSA) is 34.1 Å². The van der Waals surface area contributed by atoms with Crippen LogP contribution in [0.1, 0.15) is 38.2 Å². The summed E-state index contributed by atoms with van der Waals surface area (Å²) in [5.74, 6) is 0.681. The number of allylic oxidation sites excluding steroid dienone is 1. The largest absolute Gasteiger partial charge is 0.481 e.